The Hall–Kier alpha value is -0.880. The minimum absolute atomic E-state index is 0.0875. The van der Waals surface area contributed by atoms with Crippen molar-refractivity contribution in [3.63, 3.8) is 0 Å². The van der Waals surface area contributed by atoms with E-state index in [-0.39, 0.29) is 11.8 Å². The van der Waals surface area contributed by atoms with Crippen molar-refractivity contribution in [1.29, 1.82) is 0 Å². The molecule has 2 N–H and O–H groups in total. The first-order valence-electron chi connectivity index (χ1n) is 4.58. The van der Waals surface area contributed by atoms with Gasteiger partial charge in [0.05, 0.1) is 11.8 Å². The summed E-state index contributed by atoms with van der Waals surface area (Å²) in [5.41, 5.74) is 0. The predicted octanol–water partition coefficient (Wildman–Crippen LogP) is 0.800. The fourth-order valence-corrected chi connectivity index (χ4v) is 1.98. The zero-order chi connectivity index (χ0) is 10.6. The van der Waals surface area contributed by atoms with Crippen molar-refractivity contribution in [2.75, 3.05) is 5.75 Å². The average molecular weight is 217 g/mol. The van der Waals surface area contributed by atoms with Crippen molar-refractivity contribution >= 4 is 10.0 Å². The number of rotatable bonds is 5. The minimum atomic E-state index is -3.17. The molecule has 0 aliphatic heterocycles. The Bertz CT molecular complexity index is 358. The summed E-state index contributed by atoms with van der Waals surface area (Å²) in [6.45, 7) is 3.52. The van der Waals surface area contributed by atoms with Crippen LogP contribution in [0.25, 0.3) is 0 Å². The third-order valence-corrected chi connectivity index (χ3v) is 3.36. The summed E-state index contributed by atoms with van der Waals surface area (Å²) >= 11 is 0. The van der Waals surface area contributed by atoms with Crippen LogP contribution < -0.4 is 4.72 Å². The van der Waals surface area contributed by atoms with Crippen LogP contribution in [0.2, 0.25) is 0 Å². The van der Waals surface area contributed by atoms with Crippen molar-refractivity contribution < 1.29 is 8.42 Å². The molecule has 6 heteroatoms. The molecule has 1 aromatic rings. The van der Waals surface area contributed by atoms with Crippen LogP contribution >= 0.6 is 0 Å². The van der Waals surface area contributed by atoms with Crippen LogP contribution in [0.15, 0.2) is 12.4 Å². The van der Waals surface area contributed by atoms with Gasteiger partial charge in [-0.15, -0.1) is 0 Å². The van der Waals surface area contributed by atoms with E-state index in [1.54, 1.807) is 19.3 Å². The number of hydrogen-bond acceptors (Lipinski definition) is 3. The number of imidazole rings is 1. The molecule has 0 radical (unpaired) electrons. The number of H-pyrrole nitrogens is 1. The summed E-state index contributed by atoms with van der Waals surface area (Å²) < 4.78 is 25.2. The van der Waals surface area contributed by atoms with Gasteiger partial charge in [-0.25, -0.2) is 18.1 Å². The Balaban J connectivity index is 2.75. The van der Waals surface area contributed by atoms with Gasteiger partial charge in [0.2, 0.25) is 10.0 Å². The highest BCUT2D eigenvalue weighted by Crippen LogP contribution is 2.12. The van der Waals surface area contributed by atoms with Crippen LogP contribution in [0.3, 0.4) is 0 Å². The predicted molar refractivity (Wildman–Crippen MR) is 54.2 cm³/mol. The highest BCUT2D eigenvalue weighted by molar-refractivity contribution is 7.89. The van der Waals surface area contributed by atoms with Gasteiger partial charge in [0.15, 0.2) is 0 Å². The molecule has 1 aromatic heterocycles. The van der Waals surface area contributed by atoms with Gasteiger partial charge < -0.3 is 4.98 Å². The van der Waals surface area contributed by atoms with Gasteiger partial charge in [-0.05, 0) is 13.3 Å². The lowest BCUT2D eigenvalue weighted by molar-refractivity contribution is 0.540. The molecule has 0 aromatic carbocycles. The summed E-state index contributed by atoms with van der Waals surface area (Å²) in [7, 11) is -3.17. The molecule has 0 spiro atoms. The first kappa shape index (κ1) is 11.2. The molecular formula is C8H15N3O2S. The molecule has 80 valence electrons. The van der Waals surface area contributed by atoms with Crippen LogP contribution in [0.4, 0.5) is 0 Å². The maximum Gasteiger partial charge on any atom is 0.211 e. The van der Waals surface area contributed by atoms with E-state index in [9.17, 15) is 8.42 Å². The van der Waals surface area contributed by atoms with Gasteiger partial charge >= 0.3 is 0 Å². The first-order valence-corrected chi connectivity index (χ1v) is 6.23. The number of aromatic nitrogens is 2. The fraction of sp³-hybridized carbons (Fsp3) is 0.625. The molecule has 1 atom stereocenters. The van der Waals surface area contributed by atoms with Gasteiger partial charge in [-0.2, -0.15) is 0 Å². The smallest absolute Gasteiger partial charge is 0.211 e. The summed E-state index contributed by atoms with van der Waals surface area (Å²) in [5.74, 6) is 0.744. The van der Waals surface area contributed by atoms with Crippen LogP contribution in [0, 0.1) is 0 Å². The Morgan fingerprint density at radius 3 is 2.71 bits per heavy atom. The molecule has 0 saturated heterocycles. The lowest BCUT2D eigenvalue weighted by Gasteiger charge is -2.13. The van der Waals surface area contributed by atoms with Gasteiger partial charge in [0, 0.05) is 12.4 Å². The van der Waals surface area contributed by atoms with Gasteiger partial charge in [-0.3, -0.25) is 0 Å². The first-order chi connectivity index (χ1) is 6.59. The third-order valence-electron chi connectivity index (χ3n) is 1.96. The second-order valence-corrected chi connectivity index (χ2v) is 5.00. The van der Waals surface area contributed by atoms with E-state index in [2.05, 4.69) is 14.7 Å². The molecular weight excluding hydrogens is 202 g/mol. The van der Waals surface area contributed by atoms with Gasteiger partial charge in [0.25, 0.3) is 0 Å². The number of nitrogens with one attached hydrogen (secondary N) is 2. The summed E-state index contributed by atoms with van der Waals surface area (Å²) in [6.07, 6.45) is 3.96. The molecule has 0 saturated carbocycles. The quantitative estimate of drug-likeness (QED) is 0.766. The topological polar surface area (TPSA) is 74.8 Å². The van der Waals surface area contributed by atoms with Crippen molar-refractivity contribution in [2.45, 2.75) is 26.3 Å². The van der Waals surface area contributed by atoms with E-state index < -0.39 is 10.0 Å². The van der Waals surface area contributed by atoms with E-state index in [1.165, 1.54) is 0 Å². The average Bonchev–Trinajstić information content (AvgIpc) is 2.67. The van der Waals surface area contributed by atoms with Crippen molar-refractivity contribution in [3.05, 3.63) is 18.2 Å². The maximum absolute atomic E-state index is 11.3. The lowest BCUT2D eigenvalue weighted by Crippen LogP contribution is -2.30. The van der Waals surface area contributed by atoms with E-state index in [0.717, 1.165) is 0 Å². The molecule has 0 aliphatic rings. The molecule has 1 unspecified atom stereocenters. The lowest BCUT2D eigenvalue weighted by atomic mass is 10.2. The SMILES string of the molecule is CCC(NS(=O)(=O)CC)c1ncc[nH]1. The number of hydrogen-bond donors (Lipinski definition) is 2. The molecule has 0 amide bonds. The Morgan fingerprint density at radius 1 is 1.57 bits per heavy atom. The Morgan fingerprint density at radius 2 is 2.29 bits per heavy atom. The molecule has 0 fully saturated rings. The Labute approximate surface area is 84.0 Å². The maximum atomic E-state index is 11.3. The molecule has 1 rings (SSSR count). The number of sulfonamides is 1. The van der Waals surface area contributed by atoms with Gasteiger partial charge in [-0.1, -0.05) is 6.92 Å². The van der Waals surface area contributed by atoms with Crippen LogP contribution in [0.5, 0.6) is 0 Å². The molecule has 5 nitrogen and oxygen atoms in total. The normalized spacial score (nSPS) is 14.1. The second-order valence-electron chi connectivity index (χ2n) is 2.96. The standard InChI is InChI=1S/C8H15N3O2S/c1-3-7(8-9-5-6-10-8)11-14(12,13)4-2/h5-7,11H,3-4H2,1-2H3,(H,9,10). The van der Waals surface area contributed by atoms with Crippen molar-refractivity contribution in [3.8, 4) is 0 Å². The summed E-state index contributed by atoms with van der Waals surface area (Å²) in [6, 6.07) is -0.255. The Kier molecular flexibility index (Phi) is 3.65. The number of aromatic amines is 1. The third kappa shape index (κ3) is 2.81. The van der Waals surface area contributed by atoms with E-state index in [1.807, 2.05) is 6.92 Å². The summed E-state index contributed by atoms with van der Waals surface area (Å²) in [4.78, 5) is 6.92. The minimum Gasteiger partial charge on any atom is -0.347 e. The van der Waals surface area contributed by atoms with Crippen LogP contribution in [0.1, 0.15) is 32.1 Å². The molecule has 0 aliphatic carbocycles. The monoisotopic (exact) mass is 217 g/mol. The van der Waals surface area contributed by atoms with E-state index in [0.29, 0.717) is 12.2 Å². The largest absolute Gasteiger partial charge is 0.347 e. The van der Waals surface area contributed by atoms with Crippen molar-refractivity contribution in [2.24, 2.45) is 0 Å². The zero-order valence-corrected chi connectivity index (χ0v) is 9.13. The van der Waals surface area contributed by atoms with Crippen LogP contribution in [-0.4, -0.2) is 24.1 Å². The molecule has 14 heavy (non-hydrogen) atoms. The molecule has 1 heterocycles. The second kappa shape index (κ2) is 4.56. The fourth-order valence-electron chi connectivity index (χ4n) is 1.10. The molecule has 0 bridgehead atoms. The van der Waals surface area contributed by atoms with Crippen molar-refractivity contribution in [1.82, 2.24) is 14.7 Å². The zero-order valence-electron chi connectivity index (χ0n) is 8.32. The highest BCUT2D eigenvalue weighted by atomic mass is 32.2. The van der Waals surface area contributed by atoms with E-state index in [4.69, 9.17) is 0 Å². The van der Waals surface area contributed by atoms with Crippen LogP contribution in [-0.2, 0) is 10.0 Å². The van der Waals surface area contributed by atoms with Gasteiger partial charge in [0.1, 0.15) is 5.82 Å². The van der Waals surface area contributed by atoms with E-state index >= 15 is 0 Å². The highest BCUT2D eigenvalue weighted by Gasteiger charge is 2.17. The number of nitrogens with zero attached hydrogens (tertiary/aromatic N) is 1. The summed E-state index contributed by atoms with van der Waals surface area (Å²) in [5, 5.41) is 0.